The molecule has 0 N–H and O–H groups in total. The lowest BCUT2D eigenvalue weighted by Gasteiger charge is -2.32. The zero-order chi connectivity index (χ0) is 34.5. The zero-order valence-corrected chi connectivity index (χ0v) is 31.6. The molecule has 0 spiro atoms. The number of fused-ring (bicyclic) bond motifs is 13. The van der Waals surface area contributed by atoms with Gasteiger partial charge in [-0.15, -0.1) is 0 Å². The van der Waals surface area contributed by atoms with Crippen molar-refractivity contribution in [2.45, 2.75) is 97.8 Å². The summed E-state index contributed by atoms with van der Waals surface area (Å²) in [5, 5.41) is 3.79. The number of hydrogen-bond donors (Lipinski definition) is 0. The molecule has 0 fully saturated rings. The standard InChI is InChI=1S/C44H49N3OSi/c1-25(2)30-19-20-46-29(7)42-34(32-13-11-12-14-33(32)37-23-36(26(3)4)39(24-47(37)42)49(8,9)10)18-16-31-21-27(5)40-35-17-15-28(6)45-44(35)48-43(40)41(31)38(46)22-30/h11-15,17,19-26,34,42H,7,16,18H2,1-6,8-10H3/q+2. The zero-order valence-electron chi connectivity index (χ0n) is 30.6. The molecule has 6 heterocycles. The van der Waals surface area contributed by atoms with E-state index < -0.39 is 8.07 Å². The molecule has 49 heavy (non-hydrogen) atoms. The molecule has 4 nitrogen and oxygen atoms in total. The van der Waals surface area contributed by atoms with E-state index in [1.54, 1.807) is 5.19 Å². The predicted octanol–water partition coefficient (Wildman–Crippen LogP) is 10.1. The SMILES string of the molecule is C=C1C2C(CCc3cc(C)c4c(oc5nc(C)ccc54)c3-c3cc(C(C)C)cc[n+]31)c1ccccc1-c1cc(C(C)C)c([Si](C)(C)C)c[n+]12. The minimum atomic E-state index is -1.68. The highest BCUT2D eigenvalue weighted by atomic mass is 28.3. The first kappa shape index (κ1) is 31.9. The number of hydrogen-bond acceptors (Lipinski definition) is 2. The van der Waals surface area contributed by atoms with Crippen LogP contribution in [0.1, 0.15) is 91.4 Å². The van der Waals surface area contributed by atoms with Crippen molar-refractivity contribution >= 4 is 41.0 Å². The number of pyridine rings is 3. The molecule has 0 saturated carbocycles. The quantitative estimate of drug-likeness (QED) is 0.140. The molecule has 0 aliphatic carbocycles. The van der Waals surface area contributed by atoms with Crippen molar-refractivity contribution in [3.8, 4) is 22.5 Å². The molecular formula is C44H49N3OSi+2. The number of rotatable bonds is 3. The topological polar surface area (TPSA) is 33.8 Å². The third-order valence-electron chi connectivity index (χ3n) is 11.2. The summed E-state index contributed by atoms with van der Waals surface area (Å²) < 4.78 is 11.8. The van der Waals surface area contributed by atoms with Crippen molar-refractivity contribution in [2.75, 3.05) is 0 Å². The summed E-state index contributed by atoms with van der Waals surface area (Å²) in [6, 6.07) is 23.1. The Morgan fingerprint density at radius 3 is 2.43 bits per heavy atom. The molecular weight excluding hydrogens is 615 g/mol. The molecule has 248 valence electrons. The van der Waals surface area contributed by atoms with Crippen LogP contribution in [0.3, 0.4) is 0 Å². The monoisotopic (exact) mass is 663 g/mol. The van der Waals surface area contributed by atoms with Crippen LogP contribution in [-0.4, -0.2) is 13.1 Å². The lowest BCUT2D eigenvalue weighted by atomic mass is 9.78. The fraction of sp³-hybridized carbons (Fsp3) is 0.341. The van der Waals surface area contributed by atoms with Crippen molar-refractivity contribution in [1.82, 2.24) is 4.98 Å². The summed E-state index contributed by atoms with van der Waals surface area (Å²) in [6.45, 7) is 26.0. The minimum absolute atomic E-state index is 0.0563. The normalized spacial score (nSPS) is 17.3. The van der Waals surface area contributed by atoms with Crippen LogP contribution in [0.4, 0.5) is 0 Å². The summed E-state index contributed by atoms with van der Waals surface area (Å²) in [5.74, 6) is 1.09. The van der Waals surface area contributed by atoms with E-state index in [0.717, 1.165) is 46.3 Å². The molecule has 0 amide bonds. The van der Waals surface area contributed by atoms with Crippen molar-refractivity contribution < 1.29 is 13.6 Å². The van der Waals surface area contributed by atoms with Gasteiger partial charge in [0.15, 0.2) is 18.0 Å². The van der Waals surface area contributed by atoms with Gasteiger partial charge in [-0.2, -0.15) is 9.13 Å². The smallest absolute Gasteiger partial charge is 0.249 e. The Kier molecular flexibility index (Phi) is 7.38. The second-order valence-corrected chi connectivity index (χ2v) is 21.3. The minimum Gasteiger partial charge on any atom is -0.437 e. The summed E-state index contributed by atoms with van der Waals surface area (Å²) in [6.07, 6.45) is 6.76. The number of allylic oxidation sites excluding steroid dienone is 1. The van der Waals surface area contributed by atoms with Gasteiger partial charge in [-0.25, -0.2) is 4.98 Å². The Morgan fingerprint density at radius 1 is 0.918 bits per heavy atom. The maximum absolute atomic E-state index is 6.81. The van der Waals surface area contributed by atoms with Gasteiger partial charge in [-0.3, -0.25) is 0 Å². The van der Waals surface area contributed by atoms with Gasteiger partial charge in [0.25, 0.3) is 0 Å². The summed E-state index contributed by atoms with van der Waals surface area (Å²) in [7, 11) is -1.68. The molecule has 2 aromatic carbocycles. The first-order valence-corrected chi connectivity index (χ1v) is 21.6. The number of aryl methyl sites for hydroxylation is 3. The van der Waals surface area contributed by atoms with Gasteiger partial charge in [0.05, 0.1) is 19.6 Å². The van der Waals surface area contributed by atoms with Gasteiger partial charge < -0.3 is 4.42 Å². The highest BCUT2D eigenvalue weighted by molar-refractivity contribution is 6.89. The molecule has 2 unspecified atom stereocenters. The molecule has 4 aromatic heterocycles. The Bertz CT molecular complexity index is 2340. The van der Waals surface area contributed by atoms with Crippen LogP contribution in [0.15, 0.2) is 84.1 Å². The van der Waals surface area contributed by atoms with Gasteiger partial charge in [0.2, 0.25) is 28.8 Å². The molecule has 0 radical (unpaired) electrons. The maximum Gasteiger partial charge on any atom is 0.249 e. The lowest BCUT2D eigenvalue weighted by molar-refractivity contribution is -0.726. The predicted molar refractivity (Wildman–Crippen MR) is 205 cm³/mol. The third kappa shape index (κ3) is 4.95. The van der Waals surface area contributed by atoms with E-state index in [1.165, 1.54) is 44.6 Å². The Labute approximate surface area is 292 Å². The van der Waals surface area contributed by atoms with E-state index in [-0.39, 0.29) is 12.0 Å². The van der Waals surface area contributed by atoms with Crippen LogP contribution >= 0.6 is 0 Å². The lowest BCUT2D eigenvalue weighted by Crippen LogP contribution is -2.57. The van der Waals surface area contributed by atoms with Crippen LogP contribution in [0.25, 0.3) is 50.3 Å². The molecule has 5 heteroatoms. The third-order valence-corrected chi connectivity index (χ3v) is 13.2. The average molecular weight is 664 g/mol. The number of furan rings is 1. The molecule has 6 aromatic rings. The summed E-state index contributed by atoms with van der Waals surface area (Å²) in [4.78, 5) is 4.85. The second kappa shape index (κ2) is 11.3. The Balaban J connectivity index is 1.46. The second-order valence-electron chi connectivity index (χ2n) is 16.2. The van der Waals surface area contributed by atoms with Crippen molar-refractivity contribution in [1.29, 1.82) is 0 Å². The molecule has 0 bridgehead atoms. The van der Waals surface area contributed by atoms with Crippen LogP contribution in [0.2, 0.25) is 19.6 Å². The first-order chi connectivity index (χ1) is 23.3. The Morgan fingerprint density at radius 2 is 1.69 bits per heavy atom. The molecule has 2 aliphatic heterocycles. The fourth-order valence-electron chi connectivity index (χ4n) is 8.70. The van der Waals surface area contributed by atoms with Crippen LogP contribution in [-0.2, 0) is 6.42 Å². The van der Waals surface area contributed by atoms with E-state index in [0.29, 0.717) is 17.5 Å². The van der Waals surface area contributed by atoms with E-state index in [9.17, 15) is 0 Å². The van der Waals surface area contributed by atoms with E-state index in [1.807, 2.05) is 6.92 Å². The van der Waals surface area contributed by atoms with Crippen LogP contribution < -0.4 is 14.3 Å². The molecule has 8 rings (SSSR count). The first-order valence-electron chi connectivity index (χ1n) is 18.1. The molecule has 2 atom stereocenters. The summed E-state index contributed by atoms with van der Waals surface area (Å²) >= 11 is 0. The largest absolute Gasteiger partial charge is 0.437 e. The van der Waals surface area contributed by atoms with Crippen molar-refractivity contribution in [3.63, 3.8) is 0 Å². The Hall–Kier alpha value is -4.35. The van der Waals surface area contributed by atoms with Crippen LogP contribution in [0.5, 0.6) is 0 Å². The number of aromatic nitrogens is 3. The average Bonchev–Trinajstić information content (AvgIpc) is 3.45. The van der Waals surface area contributed by atoms with Gasteiger partial charge in [-0.1, -0.05) is 71.6 Å². The highest BCUT2D eigenvalue weighted by Gasteiger charge is 2.48. The van der Waals surface area contributed by atoms with Crippen molar-refractivity contribution in [2.24, 2.45) is 0 Å². The fourth-order valence-corrected chi connectivity index (χ4v) is 10.5. The van der Waals surface area contributed by atoms with Gasteiger partial charge >= 0.3 is 0 Å². The summed E-state index contributed by atoms with van der Waals surface area (Å²) in [5.41, 5.74) is 15.5. The van der Waals surface area contributed by atoms with Gasteiger partial charge in [-0.05, 0) is 91.1 Å². The molecule has 2 aliphatic rings. The maximum atomic E-state index is 6.81. The van der Waals surface area contributed by atoms with E-state index >= 15 is 0 Å². The van der Waals surface area contributed by atoms with E-state index in [4.69, 9.17) is 16.0 Å². The van der Waals surface area contributed by atoms with Gasteiger partial charge in [0.1, 0.15) is 0 Å². The number of benzene rings is 2. The molecule has 0 saturated heterocycles. The van der Waals surface area contributed by atoms with Crippen LogP contribution in [0, 0.1) is 13.8 Å². The van der Waals surface area contributed by atoms with Crippen molar-refractivity contribution in [3.05, 3.63) is 113 Å². The van der Waals surface area contributed by atoms with E-state index in [2.05, 4.69) is 136 Å². The number of nitrogens with zero attached hydrogens (tertiary/aromatic N) is 3. The highest BCUT2D eigenvalue weighted by Crippen LogP contribution is 2.47. The van der Waals surface area contributed by atoms with Gasteiger partial charge in [0, 0.05) is 45.4 Å².